The van der Waals surface area contributed by atoms with Crippen molar-refractivity contribution in [2.24, 2.45) is 0 Å². The van der Waals surface area contributed by atoms with Crippen LogP contribution < -0.4 is 5.32 Å². The molecule has 0 aromatic heterocycles. The molecule has 136 valence electrons. The number of hydrogen-bond acceptors (Lipinski definition) is 2. The summed E-state index contributed by atoms with van der Waals surface area (Å²) in [6, 6.07) is 5.24. The highest BCUT2D eigenvalue weighted by atomic mass is 35.5. The van der Waals surface area contributed by atoms with Crippen LogP contribution in [0.1, 0.15) is 37.3 Å². The SMILES string of the molecule is CCCN(C(=O)Cc1cccc(C(F)(F)F)c1)C1CCNCC1.Cl. The summed E-state index contributed by atoms with van der Waals surface area (Å²) in [5.74, 6) is -0.0851. The molecule has 1 N–H and O–H groups in total. The highest BCUT2D eigenvalue weighted by Crippen LogP contribution is 2.29. The number of halogens is 4. The maximum atomic E-state index is 12.8. The maximum Gasteiger partial charge on any atom is 0.416 e. The summed E-state index contributed by atoms with van der Waals surface area (Å²) >= 11 is 0. The molecule has 1 aliphatic rings. The highest BCUT2D eigenvalue weighted by Gasteiger charge is 2.31. The van der Waals surface area contributed by atoms with E-state index in [2.05, 4.69) is 5.32 Å². The van der Waals surface area contributed by atoms with Gasteiger partial charge in [-0.25, -0.2) is 0 Å². The summed E-state index contributed by atoms with van der Waals surface area (Å²) in [4.78, 5) is 14.4. The average Bonchev–Trinajstić information content (AvgIpc) is 2.53. The smallest absolute Gasteiger partial charge is 0.339 e. The monoisotopic (exact) mass is 364 g/mol. The van der Waals surface area contributed by atoms with Crippen LogP contribution in [0.25, 0.3) is 0 Å². The van der Waals surface area contributed by atoms with Gasteiger partial charge in [0.05, 0.1) is 12.0 Å². The van der Waals surface area contributed by atoms with Crippen molar-refractivity contribution in [2.45, 2.75) is 44.8 Å². The molecule has 0 unspecified atom stereocenters. The van der Waals surface area contributed by atoms with Gasteiger partial charge in [0.2, 0.25) is 5.91 Å². The van der Waals surface area contributed by atoms with Crippen molar-refractivity contribution in [3.63, 3.8) is 0 Å². The van der Waals surface area contributed by atoms with E-state index in [0.717, 1.165) is 44.5 Å². The molecule has 0 atom stereocenters. The fraction of sp³-hybridized carbons (Fsp3) is 0.588. The predicted molar refractivity (Wildman–Crippen MR) is 90.3 cm³/mol. The molecule has 1 fully saturated rings. The zero-order chi connectivity index (χ0) is 16.9. The van der Waals surface area contributed by atoms with Crippen LogP contribution in [0.5, 0.6) is 0 Å². The lowest BCUT2D eigenvalue weighted by molar-refractivity contribution is -0.138. The molecule has 1 heterocycles. The van der Waals surface area contributed by atoms with Gasteiger partial charge in [0, 0.05) is 12.6 Å². The zero-order valence-electron chi connectivity index (χ0n) is 13.7. The molecule has 0 aliphatic carbocycles. The first-order chi connectivity index (χ1) is 10.9. The van der Waals surface area contributed by atoms with Crippen LogP contribution in [-0.4, -0.2) is 36.5 Å². The standard InChI is InChI=1S/C17H23F3N2O.ClH/c1-2-10-22(15-6-8-21-9-7-15)16(23)12-13-4-3-5-14(11-13)17(18,19)20;/h3-5,11,15,21H,2,6-10,12H2,1H3;1H. The van der Waals surface area contributed by atoms with E-state index in [1.165, 1.54) is 6.07 Å². The molecular weight excluding hydrogens is 341 g/mol. The fourth-order valence-electron chi connectivity index (χ4n) is 3.00. The molecule has 7 heteroatoms. The van der Waals surface area contributed by atoms with Gasteiger partial charge in [-0.15, -0.1) is 12.4 Å². The van der Waals surface area contributed by atoms with Gasteiger partial charge in [-0.05, 0) is 44.0 Å². The molecule has 0 bridgehead atoms. The van der Waals surface area contributed by atoms with Crippen molar-refractivity contribution < 1.29 is 18.0 Å². The Labute approximate surface area is 147 Å². The summed E-state index contributed by atoms with van der Waals surface area (Å²) in [7, 11) is 0. The third-order valence-electron chi connectivity index (χ3n) is 4.14. The highest BCUT2D eigenvalue weighted by molar-refractivity contribution is 5.85. The Morgan fingerprint density at radius 3 is 2.54 bits per heavy atom. The van der Waals surface area contributed by atoms with Crippen molar-refractivity contribution in [2.75, 3.05) is 19.6 Å². The zero-order valence-corrected chi connectivity index (χ0v) is 14.6. The van der Waals surface area contributed by atoms with E-state index in [1.807, 2.05) is 11.8 Å². The Balaban J connectivity index is 0.00000288. The fourth-order valence-corrected chi connectivity index (χ4v) is 3.00. The summed E-state index contributed by atoms with van der Waals surface area (Å²) < 4.78 is 38.3. The van der Waals surface area contributed by atoms with E-state index in [1.54, 1.807) is 6.07 Å². The van der Waals surface area contributed by atoms with Crippen LogP contribution in [0, 0.1) is 0 Å². The molecule has 0 spiro atoms. The van der Waals surface area contributed by atoms with Gasteiger partial charge in [0.1, 0.15) is 0 Å². The number of carbonyl (C=O) groups excluding carboxylic acids is 1. The third-order valence-corrected chi connectivity index (χ3v) is 4.14. The second-order valence-electron chi connectivity index (χ2n) is 5.94. The summed E-state index contributed by atoms with van der Waals surface area (Å²) in [5, 5.41) is 3.26. The Kier molecular flexibility index (Phi) is 8.03. The van der Waals surface area contributed by atoms with Crippen molar-refractivity contribution in [1.82, 2.24) is 10.2 Å². The minimum atomic E-state index is -4.38. The van der Waals surface area contributed by atoms with E-state index in [4.69, 9.17) is 0 Å². The predicted octanol–water partition coefficient (Wildman–Crippen LogP) is 3.66. The number of amides is 1. The van der Waals surface area contributed by atoms with Crippen LogP contribution in [0.15, 0.2) is 24.3 Å². The normalized spacial score (nSPS) is 15.7. The lowest BCUT2D eigenvalue weighted by Gasteiger charge is -2.34. The number of carbonyl (C=O) groups is 1. The molecule has 1 amide bonds. The van der Waals surface area contributed by atoms with Crippen molar-refractivity contribution in [1.29, 1.82) is 0 Å². The van der Waals surface area contributed by atoms with E-state index in [-0.39, 0.29) is 30.8 Å². The van der Waals surface area contributed by atoms with Crippen molar-refractivity contribution in [3.05, 3.63) is 35.4 Å². The number of benzene rings is 1. The minimum absolute atomic E-state index is 0. The Hall–Kier alpha value is -1.27. The van der Waals surface area contributed by atoms with Crippen LogP contribution in [0.2, 0.25) is 0 Å². The van der Waals surface area contributed by atoms with Crippen LogP contribution in [0.4, 0.5) is 13.2 Å². The lowest BCUT2D eigenvalue weighted by Crippen LogP contribution is -2.47. The molecule has 0 saturated carbocycles. The average molecular weight is 365 g/mol. The molecule has 1 saturated heterocycles. The van der Waals surface area contributed by atoms with Gasteiger partial charge in [-0.2, -0.15) is 13.2 Å². The molecule has 3 nitrogen and oxygen atoms in total. The van der Waals surface area contributed by atoms with E-state index < -0.39 is 11.7 Å². The van der Waals surface area contributed by atoms with Gasteiger partial charge < -0.3 is 10.2 Å². The number of alkyl halides is 3. The van der Waals surface area contributed by atoms with Gasteiger partial charge in [-0.3, -0.25) is 4.79 Å². The quantitative estimate of drug-likeness (QED) is 0.864. The van der Waals surface area contributed by atoms with Gasteiger partial charge in [0.25, 0.3) is 0 Å². The molecule has 0 radical (unpaired) electrons. The summed E-state index contributed by atoms with van der Waals surface area (Å²) in [5.41, 5.74) is -0.286. The number of piperidine rings is 1. The molecule has 2 rings (SSSR count). The van der Waals surface area contributed by atoms with E-state index in [0.29, 0.717) is 12.1 Å². The van der Waals surface area contributed by atoms with Gasteiger partial charge >= 0.3 is 6.18 Å². The largest absolute Gasteiger partial charge is 0.416 e. The second kappa shape index (κ2) is 9.28. The maximum absolute atomic E-state index is 12.8. The van der Waals surface area contributed by atoms with Crippen molar-refractivity contribution >= 4 is 18.3 Å². The van der Waals surface area contributed by atoms with Crippen LogP contribution in [0.3, 0.4) is 0 Å². The second-order valence-corrected chi connectivity index (χ2v) is 5.94. The first kappa shape index (κ1) is 20.8. The van der Waals surface area contributed by atoms with Gasteiger partial charge in [-0.1, -0.05) is 25.1 Å². The molecule has 24 heavy (non-hydrogen) atoms. The minimum Gasteiger partial charge on any atom is -0.339 e. The topological polar surface area (TPSA) is 32.3 Å². The lowest BCUT2D eigenvalue weighted by atomic mass is 10.0. The first-order valence-corrected chi connectivity index (χ1v) is 8.08. The number of nitrogens with one attached hydrogen (secondary N) is 1. The van der Waals surface area contributed by atoms with E-state index >= 15 is 0 Å². The Morgan fingerprint density at radius 2 is 1.96 bits per heavy atom. The van der Waals surface area contributed by atoms with Crippen LogP contribution >= 0.6 is 12.4 Å². The third kappa shape index (κ3) is 5.67. The van der Waals surface area contributed by atoms with Crippen molar-refractivity contribution in [3.8, 4) is 0 Å². The Morgan fingerprint density at radius 1 is 1.29 bits per heavy atom. The molecule has 1 aromatic rings. The summed E-state index contributed by atoms with van der Waals surface area (Å²) in [6.07, 6.45) is -1.72. The number of rotatable bonds is 5. The summed E-state index contributed by atoms with van der Waals surface area (Å²) in [6.45, 7) is 4.41. The van der Waals surface area contributed by atoms with Crippen LogP contribution in [-0.2, 0) is 17.4 Å². The number of hydrogen-bond donors (Lipinski definition) is 1. The van der Waals surface area contributed by atoms with Gasteiger partial charge in [0.15, 0.2) is 0 Å². The molecule has 1 aromatic carbocycles. The molecule has 1 aliphatic heterocycles. The first-order valence-electron chi connectivity index (χ1n) is 8.08. The Bertz CT molecular complexity index is 531. The van der Waals surface area contributed by atoms with E-state index in [9.17, 15) is 18.0 Å². The number of nitrogens with zero attached hydrogens (tertiary/aromatic N) is 1. The molecular formula is C17H24ClF3N2O.